The van der Waals surface area contributed by atoms with E-state index in [1.54, 1.807) is 32.0 Å². The highest BCUT2D eigenvalue weighted by Gasteiger charge is 2.32. The second-order valence-corrected chi connectivity index (χ2v) is 10.7. The highest BCUT2D eigenvalue weighted by atomic mass is 35.5. The van der Waals surface area contributed by atoms with Gasteiger partial charge in [0.2, 0.25) is 15.9 Å². The number of hydrogen-bond donors (Lipinski definition) is 1. The lowest BCUT2D eigenvalue weighted by atomic mass is 10.1. The number of nitrogens with zero attached hydrogens (tertiary/aromatic N) is 2. The van der Waals surface area contributed by atoms with Crippen molar-refractivity contribution >= 4 is 33.2 Å². The highest BCUT2D eigenvalue weighted by Crippen LogP contribution is 2.29. The molecule has 8 heteroatoms. The molecule has 0 bridgehead atoms. The van der Waals surface area contributed by atoms with Crippen molar-refractivity contribution in [2.45, 2.75) is 52.2 Å². The molecule has 1 atom stereocenters. The first-order chi connectivity index (χ1) is 15.2. The predicted octanol–water partition coefficient (Wildman–Crippen LogP) is 4.11. The highest BCUT2D eigenvalue weighted by molar-refractivity contribution is 7.92. The van der Waals surface area contributed by atoms with E-state index in [0.29, 0.717) is 23.7 Å². The molecule has 2 aromatic rings. The Kier molecular flexibility index (Phi) is 8.20. The van der Waals surface area contributed by atoms with Crippen LogP contribution in [0.2, 0.25) is 5.02 Å². The molecule has 1 N–H and O–H groups in total. The standard InChI is InChI=1S/C24H32ClN3O3S/c1-4-22(28(32(3,30)31)23-15-21(25)11-10-18(23)2)24(29)26-16-19-8-7-9-20(14-19)17-27-12-5-6-13-27/h7-11,14-15,22H,4-6,12-13,16-17H2,1-3H3,(H,26,29)/t22-/m1/s1. The molecule has 0 unspecified atom stereocenters. The smallest absolute Gasteiger partial charge is 0.244 e. The first-order valence-corrected chi connectivity index (χ1v) is 13.2. The summed E-state index contributed by atoms with van der Waals surface area (Å²) in [5, 5.41) is 3.36. The molecule has 0 aromatic heterocycles. The van der Waals surface area contributed by atoms with Gasteiger partial charge in [0.1, 0.15) is 6.04 Å². The molecule has 1 fully saturated rings. The zero-order valence-corrected chi connectivity index (χ0v) is 20.5. The van der Waals surface area contributed by atoms with Gasteiger partial charge in [-0.15, -0.1) is 0 Å². The minimum atomic E-state index is -3.71. The molecule has 1 amide bonds. The minimum Gasteiger partial charge on any atom is -0.350 e. The molecule has 0 saturated carbocycles. The van der Waals surface area contributed by atoms with E-state index in [-0.39, 0.29) is 5.91 Å². The molecule has 3 rings (SSSR count). The Labute approximate surface area is 196 Å². The fraction of sp³-hybridized carbons (Fsp3) is 0.458. The number of carbonyl (C=O) groups excluding carboxylic acids is 1. The number of aryl methyl sites for hydroxylation is 1. The first-order valence-electron chi connectivity index (χ1n) is 11.0. The van der Waals surface area contributed by atoms with Crippen LogP contribution in [0.3, 0.4) is 0 Å². The van der Waals surface area contributed by atoms with Crippen LogP contribution in [-0.4, -0.2) is 44.6 Å². The van der Waals surface area contributed by atoms with Crippen LogP contribution in [0.15, 0.2) is 42.5 Å². The molecule has 32 heavy (non-hydrogen) atoms. The molecular weight excluding hydrogens is 446 g/mol. The van der Waals surface area contributed by atoms with Gasteiger partial charge in [-0.25, -0.2) is 8.42 Å². The van der Waals surface area contributed by atoms with Gasteiger partial charge < -0.3 is 5.32 Å². The summed E-state index contributed by atoms with van der Waals surface area (Å²) in [5.41, 5.74) is 3.38. The van der Waals surface area contributed by atoms with Crippen LogP contribution in [0.4, 0.5) is 5.69 Å². The van der Waals surface area contributed by atoms with Gasteiger partial charge in [0, 0.05) is 18.1 Å². The molecule has 1 aliphatic heterocycles. The van der Waals surface area contributed by atoms with E-state index < -0.39 is 16.1 Å². The van der Waals surface area contributed by atoms with Crippen molar-refractivity contribution in [3.8, 4) is 0 Å². The van der Waals surface area contributed by atoms with Crippen molar-refractivity contribution in [3.05, 3.63) is 64.2 Å². The van der Waals surface area contributed by atoms with Gasteiger partial charge in [0.05, 0.1) is 11.9 Å². The number of carbonyl (C=O) groups is 1. The fourth-order valence-electron chi connectivity index (χ4n) is 4.20. The van der Waals surface area contributed by atoms with E-state index in [4.69, 9.17) is 11.6 Å². The van der Waals surface area contributed by atoms with Crippen LogP contribution in [0.5, 0.6) is 0 Å². The second-order valence-electron chi connectivity index (χ2n) is 8.43. The van der Waals surface area contributed by atoms with E-state index in [1.165, 1.54) is 22.7 Å². The third-order valence-corrected chi connectivity index (χ3v) is 7.20. The quantitative estimate of drug-likeness (QED) is 0.590. The lowest BCUT2D eigenvalue weighted by Crippen LogP contribution is -2.49. The van der Waals surface area contributed by atoms with Crippen LogP contribution >= 0.6 is 11.6 Å². The Morgan fingerprint density at radius 3 is 2.50 bits per heavy atom. The van der Waals surface area contributed by atoms with Crippen molar-refractivity contribution in [2.24, 2.45) is 0 Å². The molecular formula is C24H32ClN3O3S. The van der Waals surface area contributed by atoms with Gasteiger partial charge >= 0.3 is 0 Å². The fourth-order valence-corrected chi connectivity index (χ4v) is 5.63. The Bertz CT molecular complexity index is 1050. The maximum atomic E-state index is 13.1. The topological polar surface area (TPSA) is 69.7 Å². The van der Waals surface area contributed by atoms with Crippen molar-refractivity contribution in [3.63, 3.8) is 0 Å². The second kappa shape index (κ2) is 10.7. The summed E-state index contributed by atoms with van der Waals surface area (Å²) in [6.07, 6.45) is 3.94. The Morgan fingerprint density at radius 2 is 1.84 bits per heavy atom. The van der Waals surface area contributed by atoms with Crippen molar-refractivity contribution in [1.29, 1.82) is 0 Å². The molecule has 0 aliphatic carbocycles. The Morgan fingerprint density at radius 1 is 1.16 bits per heavy atom. The SMILES string of the molecule is CC[C@H](C(=O)NCc1cccc(CN2CCCC2)c1)N(c1cc(Cl)ccc1C)S(C)(=O)=O. The zero-order chi connectivity index (χ0) is 23.3. The van der Waals surface area contributed by atoms with E-state index in [0.717, 1.165) is 37.0 Å². The van der Waals surface area contributed by atoms with Crippen LogP contribution in [-0.2, 0) is 27.9 Å². The summed E-state index contributed by atoms with van der Waals surface area (Å²) in [6, 6.07) is 12.4. The monoisotopic (exact) mass is 477 g/mol. The van der Waals surface area contributed by atoms with Crippen molar-refractivity contribution < 1.29 is 13.2 Å². The minimum absolute atomic E-state index is 0.331. The number of likely N-dealkylation sites (tertiary alicyclic amines) is 1. The number of rotatable bonds is 9. The maximum Gasteiger partial charge on any atom is 0.244 e. The summed E-state index contributed by atoms with van der Waals surface area (Å²) in [5.74, 6) is -0.331. The molecule has 1 saturated heterocycles. The summed E-state index contributed by atoms with van der Waals surface area (Å²) >= 11 is 6.13. The van der Waals surface area contributed by atoms with Crippen LogP contribution in [0.1, 0.15) is 42.9 Å². The third kappa shape index (κ3) is 6.24. The van der Waals surface area contributed by atoms with E-state index >= 15 is 0 Å². The Balaban J connectivity index is 1.75. The molecule has 6 nitrogen and oxygen atoms in total. The molecule has 1 heterocycles. The normalized spacial score (nSPS) is 15.5. The number of anilines is 1. The van der Waals surface area contributed by atoms with E-state index in [2.05, 4.69) is 22.3 Å². The molecule has 174 valence electrons. The van der Waals surface area contributed by atoms with Crippen LogP contribution in [0, 0.1) is 6.92 Å². The molecule has 0 radical (unpaired) electrons. The number of hydrogen-bond acceptors (Lipinski definition) is 4. The number of nitrogens with one attached hydrogen (secondary N) is 1. The average Bonchev–Trinajstić information content (AvgIpc) is 3.24. The molecule has 2 aromatic carbocycles. The largest absolute Gasteiger partial charge is 0.350 e. The Hall–Kier alpha value is -2.09. The number of halogens is 1. The summed E-state index contributed by atoms with van der Waals surface area (Å²) in [4.78, 5) is 15.5. The van der Waals surface area contributed by atoms with Crippen LogP contribution in [0.25, 0.3) is 0 Å². The zero-order valence-electron chi connectivity index (χ0n) is 19.0. The number of sulfonamides is 1. The lowest BCUT2D eigenvalue weighted by molar-refractivity contribution is -0.122. The van der Waals surface area contributed by atoms with E-state index in [1.807, 2.05) is 12.1 Å². The van der Waals surface area contributed by atoms with Crippen molar-refractivity contribution in [2.75, 3.05) is 23.7 Å². The third-order valence-electron chi connectivity index (χ3n) is 5.80. The van der Waals surface area contributed by atoms with Crippen molar-refractivity contribution in [1.82, 2.24) is 10.2 Å². The number of amides is 1. The predicted molar refractivity (Wildman–Crippen MR) is 130 cm³/mol. The van der Waals surface area contributed by atoms with Crippen LogP contribution < -0.4 is 9.62 Å². The average molecular weight is 478 g/mol. The number of benzene rings is 2. The summed E-state index contributed by atoms with van der Waals surface area (Å²) < 4.78 is 26.6. The van der Waals surface area contributed by atoms with Gasteiger partial charge in [0.25, 0.3) is 0 Å². The van der Waals surface area contributed by atoms with Gasteiger partial charge in [-0.1, -0.05) is 48.9 Å². The van der Waals surface area contributed by atoms with E-state index in [9.17, 15) is 13.2 Å². The molecule has 1 aliphatic rings. The lowest BCUT2D eigenvalue weighted by Gasteiger charge is -2.31. The van der Waals surface area contributed by atoms with Gasteiger partial charge in [-0.3, -0.25) is 14.0 Å². The summed E-state index contributed by atoms with van der Waals surface area (Å²) in [6.45, 7) is 7.12. The van der Waals surface area contributed by atoms with Gasteiger partial charge in [-0.05, 0) is 68.1 Å². The van der Waals surface area contributed by atoms with Gasteiger partial charge in [-0.2, -0.15) is 0 Å². The van der Waals surface area contributed by atoms with Gasteiger partial charge in [0.15, 0.2) is 0 Å². The molecule has 0 spiro atoms. The summed E-state index contributed by atoms with van der Waals surface area (Å²) in [7, 11) is -3.71. The maximum absolute atomic E-state index is 13.1. The first kappa shape index (κ1) is 24.6.